The third-order valence-electron chi connectivity index (χ3n) is 5.68. The van der Waals surface area contributed by atoms with E-state index >= 15 is 0 Å². The van der Waals surface area contributed by atoms with E-state index in [1.807, 2.05) is 12.1 Å². The molecule has 0 amide bonds. The number of carbonyl (C=O) groups is 1. The van der Waals surface area contributed by atoms with Gasteiger partial charge in [0.25, 0.3) is 0 Å². The van der Waals surface area contributed by atoms with Crippen LogP contribution in [0.5, 0.6) is 5.75 Å². The zero-order valence-electron chi connectivity index (χ0n) is 16.7. The van der Waals surface area contributed by atoms with Crippen LogP contribution in [0.3, 0.4) is 0 Å². The highest BCUT2D eigenvalue weighted by molar-refractivity contribution is 5.86. The van der Waals surface area contributed by atoms with E-state index in [1.165, 1.54) is 42.4 Å². The second kappa shape index (κ2) is 9.73. The standard InChI is InChI=1S/C25H32O2/c1-3-5-6-19-7-16-24(25(26)18-19)22-10-8-20(9-11-22)21-12-14-23(15-13-21)27-17-4-2/h8-15,19,24H,3-7,16-18H2,1-2H3/t19-,24+/m1/s1. The van der Waals surface area contributed by atoms with Crippen molar-refractivity contribution in [2.24, 2.45) is 5.92 Å². The topological polar surface area (TPSA) is 26.3 Å². The highest BCUT2D eigenvalue weighted by Gasteiger charge is 2.29. The summed E-state index contributed by atoms with van der Waals surface area (Å²) in [6.45, 7) is 5.09. The van der Waals surface area contributed by atoms with Gasteiger partial charge in [-0.2, -0.15) is 0 Å². The Labute approximate surface area is 164 Å². The summed E-state index contributed by atoms with van der Waals surface area (Å²) < 4.78 is 5.65. The molecule has 2 aromatic rings. The van der Waals surface area contributed by atoms with E-state index in [2.05, 4.69) is 50.2 Å². The summed E-state index contributed by atoms with van der Waals surface area (Å²) in [6, 6.07) is 16.8. The number of ketones is 1. The Morgan fingerprint density at radius 1 is 0.889 bits per heavy atom. The predicted octanol–water partition coefficient (Wildman–Crippen LogP) is 6.79. The van der Waals surface area contributed by atoms with Crippen molar-refractivity contribution in [3.8, 4) is 16.9 Å². The first-order valence-corrected chi connectivity index (χ1v) is 10.6. The summed E-state index contributed by atoms with van der Waals surface area (Å²) in [5.74, 6) is 2.07. The average molecular weight is 365 g/mol. The largest absolute Gasteiger partial charge is 0.494 e. The number of hydrogen-bond acceptors (Lipinski definition) is 2. The van der Waals surface area contributed by atoms with Gasteiger partial charge in [0.15, 0.2) is 0 Å². The Bertz CT molecular complexity index is 715. The molecular formula is C25H32O2. The molecule has 0 spiro atoms. The van der Waals surface area contributed by atoms with Gasteiger partial charge < -0.3 is 4.74 Å². The van der Waals surface area contributed by atoms with Gasteiger partial charge in [0.1, 0.15) is 11.5 Å². The van der Waals surface area contributed by atoms with Crippen LogP contribution in [0.25, 0.3) is 11.1 Å². The van der Waals surface area contributed by atoms with Crippen LogP contribution < -0.4 is 4.74 Å². The van der Waals surface area contributed by atoms with Crippen LogP contribution in [-0.2, 0) is 4.79 Å². The molecule has 0 unspecified atom stereocenters. The second-order valence-corrected chi connectivity index (χ2v) is 7.80. The third kappa shape index (κ3) is 5.22. The quantitative estimate of drug-likeness (QED) is 0.516. The first kappa shape index (κ1) is 19.7. The number of unbranched alkanes of at least 4 members (excludes halogenated alkanes) is 1. The third-order valence-corrected chi connectivity index (χ3v) is 5.68. The number of hydrogen-bond donors (Lipinski definition) is 0. The molecule has 3 rings (SSSR count). The maximum Gasteiger partial charge on any atom is 0.140 e. The molecule has 0 heterocycles. The second-order valence-electron chi connectivity index (χ2n) is 7.80. The molecule has 0 N–H and O–H groups in total. The van der Waals surface area contributed by atoms with Gasteiger partial charge in [0, 0.05) is 12.3 Å². The number of rotatable bonds is 8. The van der Waals surface area contributed by atoms with Crippen molar-refractivity contribution in [2.75, 3.05) is 6.61 Å². The Kier molecular flexibility index (Phi) is 7.09. The number of Topliss-reactive ketones (excluding diaryl/α,β-unsaturated/α-hetero) is 1. The van der Waals surface area contributed by atoms with Crippen molar-refractivity contribution in [1.82, 2.24) is 0 Å². The van der Waals surface area contributed by atoms with E-state index in [0.717, 1.165) is 31.6 Å². The molecule has 2 heteroatoms. The van der Waals surface area contributed by atoms with Gasteiger partial charge in [-0.15, -0.1) is 0 Å². The smallest absolute Gasteiger partial charge is 0.140 e. The maximum absolute atomic E-state index is 12.6. The number of ether oxygens (including phenoxy) is 1. The van der Waals surface area contributed by atoms with Gasteiger partial charge >= 0.3 is 0 Å². The van der Waals surface area contributed by atoms with E-state index in [9.17, 15) is 4.79 Å². The van der Waals surface area contributed by atoms with Gasteiger partial charge in [-0.25, -0.2) is 0 Å². The normalized spacial score (nSPS) is 19.9. The molecule has 1 aliphatic carbocycles. The minimum absolute atomic E-state index is 0.0988. The predicted molar refractivity (Wildman–Crippen MR) is 112 cm³/mol. The Hall–Kier alpha value is -2.09. The molecule has 2 atom stereocenters. The van der Waals surface area contributed by atoms with E-state index < -0.39 is 0 Å². The molecule has 0 bridgehead atoms. The Morgan fingerprint density at radius 2 is 1.56 bits per heavy atom. The fourth-order valence-electron chi connectivity index (χ4n) is 4.06. The van der Waals surface area contributed by atoms with Crippen LogP contribution in [-0.4, -0.2) is 12.4 Å². The zero-order chi connectivity index (χ0) is 19.1. The average Bonchev–Trinajstić information content (AvgIpc) is 2.71. The summed E-state index contributed by atoms with van der Waals surface area (Å²) in [6.07, 6.45) is 7.67. The van der Waals surface area contributed by atoms with Gasteiger partial charge in [0.2, 0.25) is 0 Å². The summed E-state index contributed by atoms with van der Waals surface area (Å²) in [4.78, 5) is 12.6. The molecule has 1 aliphatic rings. The van der Waals surface area contributed by atoms with Crippen molar-refractivity contribution in [2.45, 2.75) is 64.7 Å². The van der Waals surface area contributed by atoms with Crippen molar-refractivity contribution >= 4 is 5.78 Å². The summed E-state index contributed by atoms with van der Waals surface area (Å²) in [5, 5.41) is 0. The van der Waals surface area contributed by atoms with Crippen molar-refractivity contribution < 1.29 is 9.53 Å². The van der Waals surface area contributed by atoms with E-state index in [0.29, 0.717) is 11.7 Å². The van der Waals surface area contributed by atoms with Crippen molar-refractivity contribution in [3.63, 3.8) is 0 Å². The molecule has 0 radical (unpaired) electrons. The van der Waals surface area contributed by atoms with Gasteiger partial charge in [-0.05, 0) is 54.0 Å². The van der Waals surface area contributed by atoms with Crippen molar-refractivity contribution in [3.05, 3.63) is 54.1 Å². The van der Waals surface area contributed by atoms with Crippen LogP contribution >= 0.6 is 0 Å². The molecule has 27 heavy (non-hydrogen) atoms. The maximum atomic E-state index is 12.6. The molecular weight excluding hydrogens is 332 g/mol. The van der Waals surface area contributed by atoms with Crippen LogP contribution in [0, 0.1) is 5.92 Å². The summed E-state index contributed by atoms with van der Waals surface area (Å²) in [5.41, 5.74) is 3.55. The highest BCUT2D eigenvalue weighted by atomic mass is 16.5. The van der Waals surface area contributed by atoms with Crippen LogP contribution in [0.4, 0.5) is 0 Å². The van der Waals surface area contributed by atoms with Gasteiger partial charge in [-0.1, -0.05) is 69.5 Å². The minimum Gasteiger partial charge on any atom is -0.494 e. The SMILES string of the molecule is CCCC[C@@H]1CC[C@@H](c2ccc(-c3ccc(OCCC)cc3)cc2)C(=O)C1. The van der Waals surface area contributed by atoms with E-state index in [-0.39, 0.29) is 5.92 Å². The van der Waals surface area contributed by atoms with Gasteiger partial charge in [0.05, 0.1) is 6.61 Å². The van der Waals surface area contributed by atoms with Gasteiger partial charge in [-0.3, -0.25) is 4.79 Å². The lowest BCUT2D eigenvalue weighted by atomic mass is 9.76. The first-order chi connectivity index (χ1) is 13.2. The lowest BCUT2D eigenvalue weighted by molar-refractivity contribution is -0.123. The molecule has 1 saturated carbocycles. The molecule has 0 aliphatic heterocycles. The molecule has 144 valence electrons. The summed E-state index contributed by atoms with van der Waals surface area (Å²) in [7, 11) is 0. The zero-order valence-corrected chi connectivity index (χ0v) is 16.7. The summed E-state index contributed by atoms with van der Waals surface area (Å²) >= 11 is 0. The fourth-order valence-corrected chi connectivity index (χ4v) is 4.06. The fraction of sp³-hybridized carbons (Fsp3) is 0.480. The number of carbonyl (C=O) groups excluding carboxylic acids is 1. The van der Waals surface area contributed by atoms with E-state index in [1.54, 1.807) is 0 Å². The lowest BCUT2D eigenvalue weighted by Crippen LogP contribution is -2.23. The minimum atomic E-state index is 0.0988. The van der Waals surface area contributed by atoms with Crippen LogP contribution in [0.2, 0.25) is 0 Å². The van der Waals surface area contributed by atoms with Crippen LogP contribution in [0.1, 0.15) is 70.3 Å². The molecule has 0 aromatic heterocycles. The number of benzene rings is 2. The monoisotopic (exact) mass is 364 g/mol. The highest BCUT2D eigenvalue weighted by Crippen LogP contribution is 2.36. The van der Waals surface area contributed by atoms with E-state index in [4.69, 9.17) is 4.74 Å². The van der Waals surface area contributed by atoms with Crippen molar-refractivity contribution in [1.29, 1.82) is 0 Å². The Morgan fingerprint density at radius 3 is 2.15 bits per heavy atom. The molecule has 1 fully saturated rings. The van der Waals surface area contributed by atoms with Crippen LogP contribution in [0.15, 0.2) is 48.5 Å². The lowest BCUT2D eigenvalue weighted by Gasteiger charge is -2.27. The molecule has 0 saturated heterocycles. The first-order valence-electron chi connectivity index (χ1n) is 10.6. The molecule has 2 nitrogen and oxygen atoms in total. The Balaban J connectivity index is 1.62. The molecule has 2 aromatic carbocycles.